The Labute approximate surface area is 148 Å². The molecule has 0 bridgehead atoms. The minimum Gasteiger partial charge on any atom is -0.360 e. The van der Waals surface area contributed by atoms with Crippen molar-refractivity contribution in [1.29, 1.82) is 0 Å². The molecule has 0 unspecified atom stereocenters. The summed E-state index contributed by atoms with van der Waals surface area (Å²) in [7, 11) is -3.65. The Hall–Kier alpha value is -1.71. The molecule has 1 aliphatic heterocycles. The minimum atomic E-state index is -3.65. The van der Waals surface area contributed by atoms with E-state index in [4.69, 9.17) is 4.52 Å². The predicted molar refractivity (Wildman–Crippen MR) is 92.2 cm³/mol. The lowest BCUT2D eigenvalue weighted by molar-refractivity contribution is 0.239. The highest BCUT2D eigenvalue weighted by molar-refractivity contribution is 7.89. The number of nitrogens with zero attached hydrogens (tertiary/aromatic N) is 4. The summed E-state index contributed by atoms with van der Waals surface area (Å²) in [5, 5.41) is 8.07. The molecule has 25 heavy (non-hydrogen) atoms. The maximum Gasteiger partial charge on any atom is 0.246 e. The van der Waals surface area contributed by atoms with E-state index >= 15 is 0 Å². The summed E-state index contributed by atoms with van der Waals surface area (Å²) < 4.78 is 34.0. The molecule has 1 N–H and O–H groups in total. The lowest BCUT2D eigenvalue weighted by Gasteiger charge is -2.21. The molecule has 1 aliphatic rings. The predicted octanol–water partition coefficient (Wildman–Crippen LogP) is 1.52. The summed E-state index contributed by atoms with van der Waals surface area (Å²) in [6, 6.07) is 1.99. The van der Waals surface area contributed by atoms with Gasteiger partial charge in [0.25, 0.3) is 0 Å². The van der Waals surface area contributed by atoms with Crippen LogP contribution in [0.15, 0.2) is 21.7 Å². The zero-order valence-corrected chi connectivity index (χ0v) is 15.7. The number of hydrogen-bond acceptors (Lipinski definition) is 6. The molecule has 2 aromatic heterocycles. The van der Waals surface area contributed by atoms with Crippen LogP contribution in [0, 0.1) is 12.8 Å². The third-order valence-corrected chi connectivity index (χ3v) is 5.70. The highest BCUT2D eigenvalue weighted by Crippen LogP contribution is 2.17. The zero-order chi connectivity index (χ0) is 18.0. The van der Waals surface area contributed by atoms with E-state index in [-0.39, 0.29) is 17.2 Å². The van der Waals surface area contributed by atoms with Crippen molar-refractivity contribution in [3.05, 3.63) is 29.4 Å². The molecule has 0 spiro atoms. The van der Waals surface area contributed by atoms with Gasteiger partial charge in [0.2, 0.25) is 10.0 Å². The van der Waals surface area contributed by atoms with Crippen LogP contribution in [0.25, 0.3) is 0 Å². The average molecular weight is 367 g/mol. The van der Waals surface area contributed by atoms with Gasteiger partial charge in [-0.15, -0.1) is 0 Å². The number of hydrogen-bond donors (Lipinski definition) is 1. The van der Waals surface area contributed by atoms with Crippen molar-refractivity contribution < 1.29 is 12.9 Å². The summed E-state index contributed by atoms with van der Waals surface area (Å²) in [5.41, 5.74) is 1.85. The third kappa shape index (κ3) is 4.28. The van der Waals surface area contributed by atoms with Gasteiger partial charge >= 0.3 is 0 Å². The second kappa shape index (κ2) is 7.27. The van der Waals surface area contributed by atoms with Gasteiger partial charge < -0.3 is 4.52 Å². The number of rotatable bonds is 6. The monoisotopic (exact) mass is 367 g/mol. The Bertz CT molecular complexity index is 825. The average Bonchev–Trinajstić information content (AvgIpc) is 3.07. The van der Waals surface area contributed by atoms with E-state index in [1.807, 2.05) is 10.7 Å². The summed E-state index contributed by atoms with van der Waals surface area (Å²) in [6.45, 7) is 9.99. The summed E-state index contributed by atoms with van der Waals surface area (Å²) in [6.07, 6.45) is 2.26. The lowest BCUT2D eigenvalue weighted by atomic mass is 10.2. The molecule has 0 radical (unpaired) electrons. The van der Waals surface area contributed by atoms with E-state index in [2.05, 4.69) is 33.7 Å². The number of aryl methyl sites for hydroxylation is 2. The number of nitrogens with one attached hydrogen (secondary N) is 1. The van der Waals surface area contributed by atoms with Crippen molar-refractivity contribution in [2.24, 2.45) is 5.92 Å². The first-order chi connectivity index (χ1) is 11.8. The molecule has 0 saturated heterocycles. The normalized spacial score (nSPS) is 16.2. The Morgan fingerprint density at radius 3 is 2.84 bits per heavy atom. The van der Waals surface area contributed by atoms with Crippen molar-refractivity contribution >= 4 is 10.0 Å². The van der Waals surface area contributed by atoms with Gasteiger partial charge in [-0.3, -0.25) is 9.58 Å². The van der Waals surface area contributed by atoms with Gasteiger partial charge in [0.05, 0.1) is 24.1 Å². The van der Waals surface area contributed by atoms with Crippen molar-refractivity contribution in [1.82, 2.24) is 24.6 Å². The van der Waals surface area contributed by atoms with E-state index in [0.717, 1.165) is 44.0 Å². The van der Waals surface area contributed by atoms with Gasteiger partial charge in [-0.2, -0.15) is 5.10 Å². The lowest BCUT2D eigenvalue weighted by Crippen LogP contribution is -2.27. The summed E-state index contributed by atoms with van der Waals surface area (Å²) in [5.74, 6) is 0.894. The van der Waals surface area contributed by atoms with Crippen LogP contribution < -0.4 is 4.72 Å². The number of fused-ring (bicyclic) bond motifs is 1. The fourth-order valence-corrected chi connectivity index (χ4v) is 4.23. The molecule has 0 saturated carbocycles. The smallest absolute Gasteiger partial charge is 0.246 e. The molecule has 138 valence electrons. The molecule has 9 heteroatoms. The fourth-order valence-electron chi connectivity index (χ4n) is 3.14. The van der Waals surface area contributed by atoms with E-state index < -0.39 is 10.0 Å². The molecule has 0 aliphatic carbocycles. The fraction of sp³-hybridized carbons (Fsp3) is 0.625. The SMILES string of the molecule is Cc1oncc1S(=O)(=O)NCc1cc2n(n1)CCCN(CC(C)C)C2. The zero-order valence-electron chi connectivity index (χ0n) is 14.9. The topological polar surface area (TPSA) is 93.3 Å². The van der Waals surface area contributed by atoms with Crippen LogP contribution in [0.1, 0.15) is 37.4 Å². The van der Waals surface area contributed by atoms with Crippen molar-refractivity contribution in [2.45, 2.75) is 51.7 Å². The maximum absolute atomic E-state index is 12.3. The number of sulfonamides is 1. The quantitative estimate of drug-likeness (QED) is 0.832. The molecular formula is C16H25N5O3S. The van der Waals surface area contributed by atoms with Crippen molar-refractivity contribution in [2.75, 3.05) is 13.1 Å². The van der Waals surface area contributed by atoms with Gasteiger partial charge in [0.15, 0.2) is 5.76 Å². The third-order valence-electron chi connectivity index (χ3n) is 4.21. The van der Waals surface area contributed by atoms with Crippen LogP contribution in [-0.4, -0.2) is 41.3 Å². The molecule has 3 heterocycles. The molecule has 0 aromatic carbocycles. The first-order valence-electron chi connectivity index (χ1n) is 8.54. The van der Waals surface area contributed by atoms with Gasteiger partial charge in [0, 0.05) is 26.2 Å². The Balaban J connectivity index is 1.68. The molecule has 3 rings (SSSR count). The van der Waals surface area contributed by atoms with Crippen molar-refractivity contribution in [3.8, 4) is 0 Å². The van der Waals surface area contributed by atoms with E-state index in [0.29, 0.717) is 5.92 Å². The van der Waals surface area contributed by atoms with Gasteiger partial charge in [-0.05, 0) is 25.3 Å². The van der Waals surface area contributed by atoms with Crippen LogP contribution in [0.5, 0.6) is 0 Å². The molecule has 0 fully saturated rings. The van der Waals surface area contributed by atoms with Crippen LogP contribution in [0.3, 0.4) is 0 Å². The van der Waals surface area contributed by atoms with E-state index in [1.165, 1.54) is 6.20 Å². The minimum absolute atomic E-state index is 0.0661. The van der Waals surface area contributed by atoms with Gasteiger partial charge in [-0.25, -0.2) is 13.1 Å². The van der Waals surface area contributed by atoms with Crippen LogP contribution in [-0.2, 0) is 29.7 Å². The standard InChI is InChI=1S/C16H25N5O3S/c1-12(2)10-20-5-4-6-21-15(11-20)7-14(19-21)8-18-25(22,23)16-9-17-24-13(16)3/h7,9,12,18H,4-6,8,10-11H2,1-3H3. The summed E-state index contributed by atoms with van der Waals surface area (Å²) >= 11 is 0. The van der Waals surface area contributed by atoms with Crippen LogP contribution in [0.4, 0.5) is 0 Å². The van der Waals surface area contributed by atoms with E-state index in [9.17, 15) is 8.42 Å². The van der Waals surface area contributed by atoms with Crippen LogP contribution >= 0.6 is 0 Å². The number of aromatic nitrogens is 3. The van der Waals surface area contributed by atoms with Crippen molar-refractivity contribution in [3.63, 3.8) is 0 Å². The molecule has 0 atom stereocenters. The van der Waals surface area contributed by atoms with Crippen LogP contribution in [0.2, 0.25) is 0 Å². The Morgan fingerprint density at radius 1 is 1.36 bits per heavy atom. The highest BCUT2D eigenvalue weighted by atomic mass is 32.2. The first-order valence-corrected chi connectivity index (χ1v) is 10.0. The Kier molecular flexibility index (Phi) is 5.26. The Morgan fingerprint density at radius 2 is 2.16 bits per heavy atom. The second-order valence-electron chi connectivity index (χ2n) is 6.90. The van der Waals surface area contributed by atoms with E-state index in [1.54, 1.807) is 6.92 Å². The highest BCUT2D eigenvalue weighted by Gasteiger charge is 2.22. The second-order valence-corrected chi connectivity index (χ2v) is 8.64. The van der Waals surface area contributed by atoms with Gasteiger partial charge in [0.1, 0.15) is 4.90 Å². The van der Waals surface area contributed by atoms with Gasteiger partial charge in [-0.1, -0.05) is 19.0 Å². The maximum atomic E-state index is 12.3. The largest absolute Gasteiger partial charge is 0.360 e. The molecule has 2 aromatic rings. The summed E-state index contributed by atoms with van der Waals surface area (Å²) in [4.78, 5) is 2.50. The molecule has 8 nitrogen and oxygen atoms in total. The molecule has 0 amide bonds. The first kappa shape index (κ1) is 18.1. The molecular weight excluding hydrogens is 342 g/mol.